The molecule has 0 fully saturated rings. The standard InChI is InChI=1S/C17H13BrFN3O3/c1-17(2)16(23)20-15-11(7-9(22(24)25)8-12(15)18)14(21-17)10-5-3-4-6-13(10)19/h3-8H,1-2H3,(H,20,23). The Hall–Kier alpha value is -2.61. The van der Waals surface area contributed by atoms with Gasteiger partial charge in [0.05, 0.1) is 16.3 Å². The summed E-state index contributed by atoms with van der Waals surface area (Å²) in [6.45, 7) is 3.19. The molecule has 1 amide bonds. The minimum Gasteiger partial charge on any atom is -0.322 e. The van der Waals surface area contributed by atoms with Gasteiger partial charge in [-0.3, -0.25) is 19.9 Å². The molecule has 0 aliphatic carbocycles. The van der Waals surface area contributed by atoms with Crippen LogP contribution in [0.15, 0.2) is 45.9 Å². The molecule has 1 heterocycles. The third-order valence-electron chi connectivity index (χ3n) is 3.86. The molecule has 1 aliphatic heterocycles. The minimum atomic E-state index is -1.18. The number of nitrogens with one attached hydrogen (secondary N) is 1. The van der Waals surface area contributed by atoms with E-state index in [1.54, 1.807) is 19.9 Å². The van der Waals surface area contributed by atoms with E-state index in [9.17, 15) is 19.3 Å². The van der Waals surface area contributed by atoms with Gasteiger partial charge < -0.3 is 5.32 Å². The van der Waals surface area contributed by atoms with Gasteiger partial charge >= 0.3 is 0 Å². The Bertz CT molecular complexity index is 941. The van der Waals surface area contributed by atoms with Crippen LogP contribution in [-0.2, 0) is 4.79 Å². The van der Waals surface area contributed by atoms with Gasteiger partial charge in [0.2, 0.25) is 0 Å². The van der Waals surface area contributed by atoms with Crippen LogP contribution >= 0.6 is 15.9 Å². The van der Waals surface area contributed by atoms with E-state index in [2.05, 4.69) is 26.2 Å². The predicted octanol–water partition coefficient (Wildman–Crippen LogP) is 4.06. The number of rotatable bonds is 2. The highest BCUT2D eigenvalue weighted by Gasteiger charge is 2.34. The van der Waals surface area contributed by atoms with Crippen molar-refractivity contribution in [3.05, 3.63) is 67.9 Å². The molecule has 0 spiro atoms. The summed E-state index contributed by atoms with van der Waals surface area (Å²) < 4.78 is 14.7. The van der Waals surface area contributed by atoms with Crippen LogP contribution in [0.25, 0.3) is 0 Å². The number of nitro benzene ring substituents is 1. The Morgan fingerprint density at radius 2 is 1.92 bits per heavy atom. The lowest BCUT2D eigenvalue weighted by Crippen LogP contribution is -2.34. The predicted molar refractivity (Wildman–Crippen MR) is 95.5 cm³/mol. The van der Waals surface area contributed by atoms with Gasteiger partial charge in [-0.15, -0.1) is 0 Å². The van der Waals surface area contributed by atoms with E-state index in [-0.39, 0.29) is 22.5 Å². The van der Waals surface area contributed by atoms with Gasteiger partial charge in [-0.1, -0.05) is 12.1 Å². The topological polar surface area (TPSA) is 84.6 Å². The lowest BCUT2D eigenvalue weighted by atomic mass is 9.99. The highest BCUT2D eigenvalue weighted by atomic mass is 79.9. The summed E-state index contributed by atoms with van der Waals surface area (Å²) in [6, 6.07) is 8.55. The van der Waals surface area contributed by atoms with Crippen molar-refractivity contribution in [2.45, 2.75) is 19.4 Å². The largest absolute Gasteiger partial charge is 0.322 e. The third-order valence-corrected chi connectivity index (χ3v) is 4.48. The molecule has 0 aromatic heterocycles. The van der Waals surface area contributed by atoms with Crippen molar-refractivity contribution in [1.82, 2.24) is 0 Å². The first kappa shape index (κ1) is 17.2. The first-order chi connectivity index (χ1) is 11.7. The highest BCUT2D eigenvalue weighted by Crippen LogP contribution is 2.37. The van der Waals surface area contributed by atoms with E-state index < -0.39 is 22.2 Å². The Kier molecular flexibility index (Phi) is 4.16. The average Bonchev–Trinajstić information content (AvgIpc) is 2.64. The van der Waals surface area contributed by atoms with Crippen LogP contribution in [-0.4, -0.2) is 22.1 Å². The third kappa shape index (κ3) is 3.05. The van der Waals surface area contributed by atoms with Crippen LogP contribution in [0.2, 0.25) is 0 Å². The second-order valence-electron chi connectivity index (χ2n) is 6.06. The molecular weight excluding hydrogens is 393 g/mol. The molecule has 0 bridgehead atoms. The van der Waals surface area contributed by atoms with E-state index in [1.165, 1.54) is 30.3 Å². The van der Waals surface area contributed by atoms with Crippen molar-refractivity contribution in [3.8, 4) is 0 Å². The number of benzene rings is 2. The number of anilines is 1. The first-order valence-electron chi connectivity index (χ1n) is 7.35. The zero-order chi connectivity index (χ0) is 18.4. The fourth-order valence-corrected chi connectivity index (χ4v) is 3.07. The summed E-state index contributed by atoms with van der Waals surface area (Å²) in [5.74, 6) is -0.922. The molecule has 1 N–H and O–H groups in total. The number of hydrogen-bond acceptors (Lipinski definition) is 4. The Labute approximate surface area is 151 Å². The Morgan fingerprint density at radius 3 is 2.56 bits per heavy atom. The summed E-state index contributed by atoms with van der Waals surface area (Å²) in [7, 11) is 0. The van der Waals surface area contributed by atoms with Gasteiger partial charge in [0.1, 0.15) is 11.4 Å². The van der Waals surface area contributed by atoms with Crippen molar-refractivity contribution < 1.29 is 14.1 Å². The van der Waals surface area contributed by atoms with Crippen LogP contribution < -0.4 is 5.32 Å². The van der Waals surface area contributed by atoms with Gasteiger partial charge in [0.25, 0.3) is 11.6 Å². The van der Waals surface area contributed by atoms with Gasteiger partial charge in [-0.2, -0.15) is 0 Å². The van der Waals surface area contributed by atoms with Crippen LogP contribution in [0.4, 0.5) is 15.8 Å². The quantitative estimate of drug-likeness (QED) is 0.603. The molecular formula is C17H13BrFN3O3. The van der Waals surface area contributed by atoms with Crippen LogP contribution in [0.5, 0.6) is 0 Å². The van der Waals surface area contributed by atoms with Crippen molar-refractivity contribution >= 4 is 38.9 Å². The van der Waals surface area contributed by atoms with E-state index in [4.69, 9.17) is 0 Å². The molecule has 6 nitrogen and oxygen atoms in total. The highest BCUT2D eigenvalue weighted by molar-refractivity contribution is 9.10. The maximum absolute atomic E-state index is 14.4. The van der Waals surface area contributed by atoms with E-state index in [0.717, 1.165) is 0 Å². The number of amides is 1. The second-order valence-corrected chi connectivity index (χ2v) is 6.91. The van der Waals surface area contributed by atoms with Gasteiger partial charge in [-0.25, -0.2) is 4.39 Å². The summed E-state index contributed by atoms with van der Waals surface area (Å²) in [4.78, 5) is 27.5. The summed E-state index contributed by atoms with van der Waals surface area (Å²) >= 11 is 3.25. The molecule has 0 radical (unpaired) electrons. The van der Waals surface area contributed by atoms with Gasteiger partial charge in [0.15, 0.2) is 0 Å². The monoisotopic (exact) mass is 405 g/mol. The van der Waals surface area contributed by atoms with Crippen molar-refractivity contribution in [2.75, 3.05) is 5.32 Å². The molecule has 0 unspecified atom stereocenters. The molecule has 2 aromatic rings. The molecule has 1 aliphatic rings. The molecule has 0 atom stereocenters. The van der Waals surface area contributed by atoms with Crippen LogP contribution in [0.1, 0.15) is 25.0 Å². The number of fused-ring (bicyclic) bond motifs is 1. The molecule has 25 heavy (non-hydrogen) atoms. The van der Waals surface area contributed by atoms with Gasteiger partial charge in [-0.05, 0) is 41.9 Å². The average molecular weight is 406 g/mol. The lowest BCUT2D eigenvalue weighted by molar-refractivity contribution is -0.384. The zero-order valence-corrected chi connectivity index (χ0v) is 14.9. The molecule has 128 valence electrons. The van der Waals surface area contributed by atoms with Crippen molar-refractivity contribution in [3.63, 3.8) is 0 Å². The van der Waals surface area contributed by atoms with E-state index in [0.29, 0.717) is 10.2 Å². The molecule has 2 aromatic carbocycles. The lowest BCUT2D eigenvalue weighted by Gasteiger charge is -2.17. The number of non-ortho nitro benzene ring substituents is 1. The SMILES string of the molecule is CC1(C)N=C(c2ccccc2F)c2cc([N+](=O)[O-])cc(Br)c2NC1=O. The second kappa shape index (κ2) is 6.03. The number of aliphatic imine (C=N–C) groups is 1. The minimum absolute atomic E-state index is 0.167. The number of nitro groups is 1. The number of halogens is 2. The van der Waals surface area contributed by atoms with Crippen molar-refractivity contribution in [2.24, 2.45) is 4.99 Å². The van der Waals surface area contributed by atoms with Crippen LogP contribution in [0, 0.1) is 15.9 Å². The number of carbonyl (C=O) groups excluding carboxylic acids is 1. The summed E-state index contributed by atoms with van der Waals surface area (Å²) in [5, 5.41) is 13.9. The smallest absolute Gasteiger partial charge is 0.271 e. The number of nitrogens with zero attached hydrogens (tertiary/aromatic N) is 2. The maximum atomic E-state index is 14.4. The number of benzodiazepines with no additional fused rings is 1. The number of hydrogen-bond donors (Lipinski definition) is 1. The number of carbonyl (C=O) groups is 1. The normalized spacial score (nSPS) is 15.7. The zero-order valence-electron chi connectivity index (χ0n) is 13.3. The fourth-order valence-electron chi connectivity index (χ4n) is 2.53. The Morgan fingerprint density at radius 1 is 1.24 bits per heavy atom. The fraction of sp³-hybridized carbons (Fsp3) is 0.176. The molecule has 0 saturated heterocycles. The molecule has 0 saturated carbocycles. The summed E-state index contributed by atoms with van der Waals surface area (Å²) in [5.41, 5.74) is -0.413. The van der Waals surface area contributed by atoms with Crippen molar-refractivity contribution in [1.29, 1.82) is 0 Å². The molecule has 8 heteroatoms. The first-order valence-corrected chi connectivity index (χ1v) is 8.14. The van der Waals surface area contributed by atoms with E-state index in [1.807, 2.05) is 0 Å². The van der Waals surface area contributed by atoms with Gasteiger partial charge in [0, 0.05) is 27.7 Å². The Balaban J connectivity index is 2.38. The van der Waals surface area contributed by atoms with Crippen LogP contribution in [0.3, 0.4) is 0 Å². The summed E-state index contributed by atoms with van der Waals surface area (Å²) in [6.07, 6.45) is 0. The molecule has 3 rings (SSSR count). The maximum Gasteiger partial charge on any atom is 0.271 e. The van der Waals surface area contributed by atoms with E-state index >= 15 is 0 Å².